The maximum Gasteiger partial charge on any atom is 0.0553 e. The summed E-state index contributed by atoms with van der Waals surface area (Å²) in [4.78, 5) is 2.41. The molecule has 14 aromatic rings. The molecule has 0 fully saturated rings. The molecule has 346 valence electrons. The third-order valence-corrected chi connectivity index (χ3v) is 14.9. The highest BCUT2D eigenvalue weighted by Crippen LogP contribution is 2.45. The lowest BCUT2D eigenvalue weighted by Crippen LogP contribution is -2.10. The van der Waals surface area contributed by atoms with Crippen LogP contribution in [0.5, 0.6) is 0 Å². The van der Waals surface area contributed by atoms with Gasteiger partial charge in [-0.05, 0) is 161 Å². The van der Waals surface area contributed by atoms with Crippen LogP contribution in [0.25, 0.3) is 115 Å². The molecule has 14 rings (SSSR count). The Kier molecular flexibility index (Phi) is 10.6. The molecule has 0 aliphatic rings. The molecule has 0 N–H and O–H groups in total. The largest absolute Gasteiger partial charge is 0.310 e. The minimum atomic E-state index is 1.07. The van der Waals surface area contributed by atoms with Gasteiger partial charge >= 0.3 is 0 Å². The van der Waals surface area contributed by atoms with Crippen LogP contribution in [0.15, 0.2) is 291 Å². The molecule has 13 aromatic carbocycles. The van der Waals surface area contributed by atoms with E-state index in [9.17, 15) is 0 Å². The van der Waals surface area contributed by atoms with Crippen LogP contribution < -0.4 is 4.90 Å². The number of fused-ring (bicyclic) bond motifs is 7. The number of hydrogen-bond acceptors (Lipinski definition) is 1. The standard InChI is InChI=1S/C72H48N2/c1-4-16-49(17-5-1)56-37-43-68-70(47-56)74(60-24-8-3-9-25-60)71-48-59(50-18-6-2-7-19-50)46-69(72(68)71)57-23-14-26-63(45-57)73(62-40-34-54(35-41-62)66-29-15-22-52-20-10-12-27-64(52)66)61-38-32-51(33-39-61)55-36-42-67-58(44-55)31-30-53-21-11-13-28-65(53)67/h1-48H. The highest BCUT2D eigenvalue weighted by molar-refractivity contribution is 6.18. The quantitative estimate of drug-likeness (QED) is 0.131. The molecule has 0 saturated heterocycles. The summed E-state index contributed by atoms with van der Waals surface area (Å²) in [6.45, 7) is 0. The molecule has 0 aliphatic carbocycles. The zero-order valence-electron chi connectivity index (χ0n) is 40.6. The van der Waals surface area contributed by atoms with Gasteiger partial charge in [-0.15, -0.1) is 0 Å². The SMILES string of the molecule is c1ccc(-c2ccc3c4c(-c5cccc(N(c6ccc(-c7ccc8c(ccc9ccccc98)c7)cc6)c6ccc(-c7cccc8ccccc78)cc6)c5)cc(-c5ccccc5)cc4n(-c4ccccc4)c3c2)cc1. The van der Waals surface area contributed by atoms with Crippen LogP contribution >= 0.6 is 0 Å². The van der Waals surface area contributed by atoms with Crippen LogP contribution in [-0.2, 0) is 0 Å². The van der Waals surface area contributed by atoms with Gasteiger partial charge in [0.2, 0.25) is 0 Å². The molecule has 1 aromatic heterocycles. The highest BCUT2D eigenvalue weighted by Gasteiger charge is 2.21. The van der Waals surface area contributed by atoms with Crippen molar-refractivity contribution in [1.29, 1.82) is 0 Å². The average molecular weight is 941 g/mol. The van der Waals surface area contributed by atoms with E-state index < -0.39 is 0 Å². The Bertz CT molecular complexity index is 4380. The van der Waals surface area contributed by atoms with E-state index in [2.05, 4.69) is 301 Å². The molecule has 1 heterocycles. The predicted octanol–water partition coefficient (Wildman–Crippen LogP) is 20.0. The van der Waals surface area contributed by atoms with E-state index >= 15 is 0 Å². The molecule has 2 heteroatoms. The molecule has 0 spiro atoms. The molecule has 0 radical (unpaired) electrons. The number of hydrogen-bond donors (Lipinski definition) is 0. The van der Waals surface area contributed by atoms with Crippen molar-refractivity contribution < 1.29 is 0 Å². The summed E-state index contributed by atoms with van der Waals surface area (Å²) >= 11 is 0. The summed E-state index contributed by atoms with van der Waals surface area (Å²) in [6, 6.07) is 107. The van der Waals surface area contributed by atoms with Crippen molar-refractivity contribution in [2.45, 2.75) is 0 Å². The average Bonchev–Trinajstić information content (AvgIpc) is 3.81. The van der Waals surface area contributed by atoms with Crippen LogP contribution in [0, 0.1) is 0 Å². The van der Waals surface area contributed by atoms with Crippen molar-refractivity contribution in [3.05, 3.63) is 291 Å². The van der Waals surface area contributed by atoms with Crippen LogP contribution in [0.3, 0.4) is 0 Å². The van der Waals surface area contributed by atoms with Gasteiger partial charge in [0.1, 0.15) is 0 Å². The lowest BCUT2D eigenvalue weighted by atomic mass is 9.93. The van der Waals surface area contributed by atoms with E-state index in [1.54, 1.807) is 0 Å². The Morgan fingerprint density at radius 2 is 0.730 bits per heavy atom. The first kappa shape index (κ1) is 43.1. The summed E-state index contributed by atoms with van der Waals surface area (Å²) in [5, 5.41) is 9.97. The second kappa shape index (κ2) is 18.1. The van der Waals surface area contributed by atoms with E-state index in [-0.39, 0.29) is 0 Å². The van der Waals surface area contributed by atoms with Gasteiger partial charge in [0.15, 0.2) is 0 Å². The Morgan fingerprint density at radius 3 is 1.46 bits per heavy atom. The van der Waals surface area contributed by atoms with Crippen LogP contribution in [0.4, 0.5) is 17.1 Å². The molecule has 74 heavy (non-hydrogen) atoms. The first-order chi connectivity index (χ1) is 36.7. The van der Waals surface area contributed by atoms with E-state index in [1.807, 2.05) is 0 Å². The summed E-state index contributed by atoms with van der Waals surface area (Å²) in [6.07, 6.45) is 0. The van der Waals surface area contributed by atoms with Crippen molar-refractivity contribution in [1.82, 2.24) is 4.57 Å². The Balaban J connectivity index is 0.946. The molecule has 0 bridgehead atoms. The first-order valence-electron chi connectivity index (χ1n) is 25.5. The lowest BCUT2D eigenvalue weighted by molar-refractivity contribution is 1.18. The van der Waals surface area contributed by atoms with Gasteiger partial charge in [-0.25, -0.2) is 0 Å². The number of nitrogens with zero attached hydrogens (tertiary/aromatic N) is 2. The number of rotatable bonds is 9. The summed E-state index contributed by atoms with van der Waals surface area (Å²) in [7, 11) is 0. The van der Waals surface area contributed by atoms with E-state index in [4.69, 9.17) is 0 Å². The van der Waals surface area contributed by atoms with Crippen molar-refractivity contribution in [3.8, 4) is 61.3 Å². The molecule has 0 aliphatic heterocycles. The van der Waals surface area contributed by atoms with E-state index in [1.165, 1.54) is 98.7 Å². The maximum atomic E-state index is 2.46. The zero-order chi connectivity index (χ0) is 49.0. The lowest BCUT2D eigenvalue weighted by Gasteiger charge is -2.26. The molecule has 0 amide bonds. The molecule has 0 atom stereocenters. The van der Waals surface area contributed by atoms with Gasteiger partial charge in [-0.3, -0.25) is 0 Å². The Hall–Kier alpha value is -9.76. The van der Waals surface area contributed by atoms with Crippen molar-refractivity contribution in [2.24, 2.45) is 0 Å². The Labute approximate surface area is 430 Å². The number of anilines is 3. The first-order valence-corrected chi connectivity index (χ1v) is 25.5. The molecule has 0 unspecified atom stereocenters. The van der Waals surface area contributed by atoms with E-state index in [0.717, 1.165) is 33.8 Å². The molecule has 0 saturated carbocycles. The summed E-state index contributed by atoms with van der Waals surface area (Å²) in [5.74, 6) is 0. The van der Waals surface area contributed by atoms with Crippen molar-refractivity contribution in [2.75, 3.05) is 4.90 Å². The normalized spacial score (nSPS) is 11.5. The van der Waals surface area contributed by atoms with Crippen molar-refractivity contribution in [3.63, 3.8) is 0 Å². The predicted molar refractivity (Wildman–Crippen MR) is 315 cm³/mol. The fraction of sp³-hybridized carbons (Fsp3) is 0. The number of para-hydroxylation sites is 1. The fourth-order valence-electron chi connectivity index (χ4n) is 11.4. The topological polar surface area (TPSA) is 8.17 Å². The van der Waals surface area contributed by atoms with E-state index in [0.29, 0.717) is 0 Å². The second-order valence-electron chi connectivity index (χ2n) is 19.3. The molecular weight excluding hydrogens is 893 g/mol. The maximum absolute atomic E-state index is 2.46. The van der Waals surface area contributed by atoms with Crippen LogP contribution in [0.2, 0.25) is 0 Å². The fourth-order valence-corrected chi connectivity index (χ4v) is 11.4. The molecular formula is C72H48N2. The number of benzene rings is 13. The minimum absolute atomic E-state index is 1.07. The van der Waals surface area contributed by atoms with Gasteiger partial charge in [0, 0.05) is 33.5 Å². The van der Waals surface area contributed by atoms with Gasteiger partial charge < -0.3 is 9.47 Å². The minimum Gasteiger partial charge on any atom is -0.310 e. The summed E-state index contributed by atoms with van der Waals surface area (Å²) in [5.41, 5.74) is 18.5. The molecule has 2 nitrogen and oxygen atoms in total. The highest BCUT2D eigenvalue weighted by atomic mass is 15.1. The van der Waals surface area contributed by atoms with Gasteiger partial charge in [-0.1, -0.05) is 218 Å². The smallest absolute Gasteiger partial charge is 0.0553 e. The van der Waals surface area contributed by atoms with Crippen LogP contribution in [0.1, 0.15) is 0 Å². The summed E-state index contributed by atoms with van der Waals surface area (Å²) < 4.78 is 2.46. The van der Waals surface area contributed by atoms with Gasteiger partial charge in [-0.2, -0.15) is 0 Å². The Morgan fingerprint density at radius 1 is 0.230 bits per heavy atom. The zero-order valence-corrected chi connectivity index (χ0v) is 40.6. The second-order valence-corrected chi connectivity index (χ2v) is 19.3. The monoisotopic (exact) mass is 940 g/mol. The third-order valence-electron chi connectivity index (χ3n) is 14.9. The van der Waals surface area contributed by atoms with Crippen molar-refractivity contribution >= 4 is 71.2 Å². The van der Waals surface area contributed by atoms with Gasteiger partial charge in [0.25, 0.3) is 0 Å². The number of aromatic nitrogens is 1. The van der Waals surface area contributed by atoms with Crippen LogP contribution in [-0.4, -0.2) is 4.57 Å². The third kappa shape index (κ3) is 7.60. The van der Waals surface area contributed by atoms with Gasteiger partial charge in [0.05, 0.1) is 11.0 Å².